The van der Waals surface area contributed by atoms with Gasteiger partial charge in [-0.25, -0.2) is 8.42 Å². The third-order valence-electron chi connectivity index (χ3n) is 4.00. The zero-order valence-electron chi connectivity index (χ0n) is 12.3. The van der Waals surface area contributed by atoms with E-state index in [0.717, 1.165) is 17.7 Å². The summed E-state index contributed by atoms with van der Waals surface area (Å²) >= 11 is 0. The first kappa shape index (κ1) is 15.0. The molecule has 2 aromatic rings. The minimum Gasteiger partial charge on any atom is -0.496 e. The number of aromatic nitrogens is 1. The molecule has 1 aromatic carbocycles. The van der Waals surface area contributed by atoms with Gasteiger partial charge >= 0.3 is 0 Å². The van der Waals surface area contributed by atoms with E-state index in [1.54, 1.807) is 25.4 Å². The van der Waals surface area contributed by atoms with Crippen LogP contribution in [0.25, 0.3) is 0 Å². The lowest BCUT2D eigenvalue weighted by atomic mass is 9.97. The zero-order chi connectivity index (χ0) is 15.6. The van der Waals surface area contributed by atoms with E-state index in [2.05, 4.69) is 4.98 Å². The summed E-state index contributed by atoms with van der Waals surface area (Å²) in [6, 6.07) is 11.0. The number of ether oxygens (including phenoxy) is 1. The SMILES string of the molecule is COc1ccccc1[C@@H]1CCN(S(=O)(=O)c2cccnc2)C1. The van der Waals surface area contributed by atoms with E-state index in [1.165, 1.54) is 10.5 Å². The van der Waals surface area contributed by atoms with Gasteiger partial charge in [0.2, 0.25) is 10.0 Å². The van der Waals surface area contributed by atoms with Gasteiger partial charge in [-0.05, 0) is 30.2 Å². The topological polar surface area (TPSA) is 59.5 Å². The van der Waals surface area contributed by atoms with Crippen LogP contribution in [0.4, 0.5) is 0 Å². The molecule has 1 saturated heterocycles. The lowest BCUT2D eigenvalue weighted by Gasteiger charge is -2.17. The highest BCUT2D eigenvalue weighted by molar-refractivity contribution is 7.89. The average molecular weight is 318 g/mol. The summed E-state index contributed by atoms with van der Waals surface area (Å²) in [6.07, 6.45) is 3.76. The van der Waals surface area contributed by atoms with Gasteiger partial charge in [-0.3, -0.25) is 4.98 Å². The Labute approximate surface area is 130 Å². The van der Waals surface area contributed by atoms with Crippen LogP contribution in [0.1, 0.15) is 17.9 Å². The smallest absolute Gasteiger partial charge is 0.244 e. The largest absolute Gasteiger partial charge is 0.496 e. The Morgan fingerprint density at radius 3 is 2.77 bits per heavy atom. The first-order chi connectivity index (χ1) is 10.6. The molecule has 1 fully saturated rings. The Hall–Kier alpha value is -1.92. The highest BCUT2D eigenvalue weighted by Crippen LogP contribution is 2.35. The van der Waals surface area contributed by atoms with E-state index in [4.69, 9.17) is 4.74 Å². The first-order valence-electron chi connectivity index (χ1n) is 7.16. The fourth-order valence-corrected chi connectivity index (χ4v) is 4.32. The van der Waals surface area contributed by atoms with Gasteiger partial charge in [-0.15, -0.1) is 0 Å². The average Bonchev–Trinajstić information content (AvgIpc) is 3.06. The standard InChI is InChI=1S/C16H18N2O3S/c1-21-16-7-3-2-6-15(16)13-8-10-18(12-13)22(19,20)14-5-4-9-17-11-14/h2-7,9,11,13H,8,10,12H2,1H3/t13-/m1/s1. The van der Waals surface area contributed by atoms with Crippen molar-refractivity contribution in [3.05, 3.63) is 54.4 Å². The number of para-hydroxylation sites is 1. The maximum absolute atomic E-state index is 12.6. The Morgan fingerprint density at radius 1 is 1.23 bits per heavy atom. The van der Waals surface area contributed by atoms with Crippen LogP contribution in [0.5, 0.6) is 5.75 Å². The molecular weight excluding hydrogens is 300 g/mol. The zero-order valence-corrected chi connectivity index (χ0v) is 13.2. The van der Waals surface area contributed by atoms with E-state index in [0.29, 0.717) is 13.1 Å². The van der Waals surface area contributed by atoms with Crippen LogP contribution >= 0.6 is 0 Å². The minimum atomic E-state index is -3.47. The molecule has 0 bridgehead atoms. The van der Waals surface area contributed by atoms with Crippen LogP contribution in [0.2, 0.25) is 0 Å². The lowest BCUT2D eigenvalue weighted by molar-refractivity contribution is 0.405. The fourth-order valence-electron chi connectivity index (χ4n) is 2.85. The Balaban J connectivity index is 1.83. The van der Waals surface area contributed by atoms with Crippen LogP contribution in [0.15, 0.2) is 53.7 Å². The van der Waals surface area contributed by atoms with Gasteiger partial charge in [0.25, 0.3) is 0 Å². The molecule has 5 nitrogen and oxygen atoms in total. The monoisotopic (exact) mass is 318 g/mol. The molecule has 1 aliphatic heterocycles. The predicted molar refractivity (Wildman–Crippen MR) is 83.3 cm³/mol. The van der Waals surface area contributed by atoms with Gasteiger partial charge < -0.3 is 4.74 Å². The highest BCUT2D eigenvalue weighted by atomic mass is 32.2. The van der Waals surface area contributed by atoms with Crippen molar-refractivity contribution in [1.29, 1.82) is 0 Å². The van der Waals surface area contributed by atoms with Crippen molar-refractivity contribution < 1.29 is 13.2 Å². The first-order valence-corrected chi connectivity index (χ1v) is 8.60. The van der Waals surface area contributed by atoms with Crippen molar-refractivity contribution in [2.75, 3.05) is 20.2 Å². The molecule has 0 unspecified atom stereocenters. The van der Waals surface area contributed by atoms with Gasteiger partial charge in [0.1, 0.15) is 10.6 Å². The number of pyridine rings is 1. The van der Waals surface area contributed by atoms with Crippen LogP contribution in [0.3, 0.4) is 0 Å². The molecule has 0 saturated carbocycles. The molecule has 1 aliphatic rings. The second-order valence-corrected chi connectivity index (χ2v) is 7.22. The van der Waals surface area contributed by atoms with Crippen molar-refractivity contribution in [3.8, 4) is 5.75 Å². The maximum Gasteiger partial charge on any atom is 0.244 e. The van der Waals surface area contributed by atoms with Crippen molar-refractivity contribution in [2.45, 2.75) is 17.2 Å². The molecule has 0 radical (unpaired) electrons. The Kier molecular flexibility index (Phi) is 4.13. The van der Waals surface area contributed by atoms with Crippen LogP contribution in [-0.2, 0) is 10.0 Å². The molecular formula is C16H18N2O3S. The van der Waals surface area contributed by atoms with Crippen LogP contribution in [-0.4, -0.2) is 37.9 Å². The fraction of sp³-hybridized carbons (Fsp3) is 0.312. The predicted octanol–water partition coefficient (Wildman–Crippen LogP) is 2.27. The van der Waals surface area contributed by atoms with Gasteiger partial charge in [-0.1, -0.05) is 18.2 Å². The Morgan fingerprint density at radius 2 is 2.05 bits per heavy atom. The molecule has 6 heteroatoms. The van der Waals surface area contributed by atoms with E-state index in [9.17, 15) is 8.42 Å². The molecule has 1 atom stereocenters. The summed E-state index contributed by atoms with van der Waals surface area (Å²) in [4.78, 5) is 4.15. The summed E-state index contributed by atoms with van der Waals surface area (Å²) in [5.74, 6) is 0.968. The van der Waals surface area contributed by atoms with Crippen molar-refractivity contribution in [3.63, 3.8) is 0 Å². The summed E-state index contributed by atoms with van der Waals surface area (Å²) < 4.78 is 32.2. The Bertz CT molecular complexity index is 747. The normalized spacial score (nSPS) is 19.2. The van der Waals surface area contributed by atoms with Gasteiger partial charge in [0.15, 0.2) is 0 Å². The van der Waals surface area contributed by atoms with E-state index in [-0.39, 0.29) is 10.8 Å². The molecule has 0 aliphatic carbocycles. The van der Waals surface area contributed by atoms with Crippen molar-refractivity contribution in [1.82, 2.24) is 9.29 Å². The van der Waals surface area contributed by atoms with Gasteiger partial charge in [-0.2, -0.15) is 4.31 Å². The van der Waals surface area contributed by atoms with E-state index in [1.807, 2.05) is 24.3 Å². The van der Waals surface area contributed by atoms with Gasteiger partial charge in [0, 0.05) is 31.4 Å². The third kappa shape index (κ3) is 2.71. The molecule has 3 rings (SSSR count). The number of benzene rings is 1. The maximum atomic E-state index is 12.6. The molecule has 0 spiro atoms. The summed E-state index contributed by atoms with van der Waals surface area (Å²) in [6.45, 7) is 0.984. The summed E-state index contributed by atoms with van der Waals surface area (Å²) in [5, 5.41) is 0. The van der Waals surface area contributed by atoms with Crippen LogP contribution < -0.4 is 4.74 Å². The molecule has 22 heavy (non-hydrogen) atoms. The third-order valence-corrected chi connectivity index (χ3v) is 5.85. The van der Waals surface area contributed by atoms with Gasteiger partial charge in [0.05, 0.1) is 7.11 Å². The number of sulfonamides is 1. The van der Waals surface area contributed by atoms with E-state index < -0.39 is 10.0 Å². The number of nitrogens with zero attached hydrogens (tertiary/aromatic N) is 2. The summed E-state index contributed by atoms with van der Waals surface area (Å²) in [7, 11) is -1.83. The molecule has 0 N–H and O–H groups in total. The van der Waals surface area contributed by atoms with Crippen molar-refractivity contribution in [2.24, 2.45) is 0 Å². The number of methoxy groups -OCH3 is 1. The molecule has 2 heterocycles. The molecule has 0 amide bonds. The highest BCUT2D eigenvalue weighted by Gasteiger charge is 2.34. The number of hydrogen-bond acceptors (Lipinski definition) is 4. The minimum absolute atomic E-state index is 0.155. The second-order valence-electron chi connectivity index (χ2n) is 5.28. The summed E-state index contributed by atoms with van der Waals surface area (Å²) in [5.41, 5.74) is 1.06. The quantitative estimate of drug-likeness (QED) is 0.867. The van der Waals surface area contributed by atoms with Crippen LogP contribution in [0, 0.1) is 0 Å². The second kappa shape index (κ2) is 6.06. The molecule has 1 aromatic heterocycles. The lowest BCUT2D eigenvalue weighted by Crippen LogP contribution is -2.28. The number of hydrogen-bond donors (Lipinski definition) is 0. The number of rotatable bonds is 4. The van der Waals surface area contributed by atoms with E-state index >= 15 is 0 Å². The molecule has 116 valence electrons. The van der Waals surface area contributed by atoms with Crippen molar-refractivity contribution >= 4 is 10.0 Å².